The van der Waals surface area contributed by atoms with Gasteiger partial charge in [-0.3, -0.25) is 4.79 Å². The fourth-order valence-corrected chi connectivity index (χ4v) is 2.76. The maximum atomic E-state index is 11.0. The molecule has 16 heavy (non-hydrogen) atoms. The minimum atomic E-state index is 0.400. The Morgan fingerprint density at radius 1 is 1.31 bits per heavy atom. The van der Waals surface area contributed by atoms with E-state index in [0.717, 1.165) is 11.8 Å². The van der Waals surface area contributed by atoms with Gasteiger partial charge in [-0.2, -0.15) is 0 Å². The molecular formula is C11H8Cl3NO. The molecule has 0 saturated heterocycles. The van der Waals surface area contributed by atoms with Crippen LogP contribution in [0, 0.1) is 0 Å². The summed E-state index contributed by atoms with van der Waals surface area (Å²) < 4.78 is 1.79. The predicted molar refractivity (Wildman–Crippen MR) is 68.0 cm³/mol. The topological polar surface area (TPSA) is 22.0 Å². The fraction of sp³-hybridized carbons (Fsp3) is 0.182. The van der Waals surface area contributed by atoms with Crippen LogP contribution in [0.25, 0.3) is 10.9 Å². The second-order valence-electron chi connectivity index (χ2n) is 3.35. The van der Waals surface area contributed by atoms with Crippen LogP contribution in [0.1, 0.15) is 17.3 Å². The third kappa shape index (κ3) is 1.61. The Morgan fingerprint density at radius 2 is 2.00 bits per heavy atom. The molecule has 0 amide bonds. The third-order valence-corrected chi connectivity index (χ3v) is 3.40. The van der Waals surface area contributed by atoms with Gasteiger partial charge in [0, 0.05) is 17.0 Å². The minimum absolute atomic E-state index is 0.400. The first-order valence-corrected chi connectivity index (χ1v) is 5.85. The van der Waals surface area contributed by atoms with Gasteiger partial charge in [-0.25, -0.2) is 0 Å². The van der Waals surface area contributed by atoms with Crippen LogP contribution in [0.4, 0.5) is 0 Å². The van der Waals surface area contributed by atoms with Crippen LogP contribution in [-0.4, -0.2) is 10.9 Å². The van der Waals surface area contributed by atoms with E-state index in [0.29, 0.717) is 32.7 Å². The van der Waals surface area contributed by atoms with Gasteiger partial charge >= 0.3 is 0 Å². The van der Waals surface area contributed by atoms with Crippen LogP contribution >= 0.6 is 34.8 Å². The van der Waals surface area contributed by atoms with Crippen LogP contribution in [0.2, 0.25) is 15.2 Å². The van der Waals surface area contributed by atoms with Gasteiger partial charge in [-0.1, -0.05) is 34.8 Å². The Hall–Kier alpha value is -0.700. The highest BCUT2D eigenvalue weighted by molar-refractivity contribution is 6.40. The maximum Gasteiger partial charge on any atom is 0.153 e. The van der Waals surface area contributed by atoms with Gasteiger partial charge in [0.1, 0.15) is 5.15 Å². The smallest absolute Gasteiger partial charge is 0.153 e. The van der Waals surface area contributed by atoms with Crippen molar-refractivity contribution in [1.82, 2.24) is 4.57 Å². The van der Waals surface area contributed by atoms with E-state index in [1.165, 1.54) is 0 Å². The van der Waals surface area contributed by atoms with Gasteiger partial charge in [0.05, 0.1) is 16.1 Å². The molecule has 0 saturated carbocycles. The van der Waals surface area contributed by atoms with Crippen molar-refractivity contribution >= 4 is 52.0 Å². The summed E-state index contributed by atoms with van der Waals surface area (Å²) in [6.07, 6.45) is 0.726. The number of aromatic nitrogens is 1. The summed E-state index contributed by atoms with van der Waals surface area (Å²) in [5, 5.41) is 2.08. The number of carbonyl (C=O) groups is 1. The Labute approximate surface area is 108 Å². The molecule has 0 unspecified atom stereocenters. The molecule has 0 fully saturated rings. The summed E-state index contributed by atoms with van der Waals surface area (Å²) in [6, 6.07) is 3.34. The highest BCUT2D eigenvalue weighted by Crippen LogP contribution is 2.35. The molecule has 0 atom stereocenters. The lowest BCUT2D eigenvalue weighted by atomic mass is 10.2. The lowest BCUT2D eigenvalue weighted by Crippen LogP contribution is -1.94. The zero-order chi connectivity index (χ0) is 11.9. The number of hydrogen-bond donors (Lipinski definition) is 0. The van der Waals surface area contributed by atoms with Crippen molar-refractivity contribution in [2.45, 2.75) is 13.5 Å². The molecule has 0 N–H and O–H groups in total. The van der Waals surface area contributed by atoms with Crippen LogP contribution in [0.15, 0.2) is 12.1 Å². The van der Waals surface area contributed by atoms with Gasteiger partial charge in [0.15, 0.2) is 6.29 Å². The second kappa shape index (κ2) is 4.28. The molecule has 0 spiro atoms. The quantitative estimate of drug-likeness (QED) is 0.744. The van der Waals surface area contributed by atoms with Crippen molar-refractivity contribution in [2.24, 2.45) is 0 Å². The van der Waals surface area contributed by atoms with Crippen LogP contribution in [-0.2, 0) is 6.54 Å². The van der Waals surface area contributed by atoms with Crippen molar-refractivity contribution in [2.75, 3.05) is 0 Å². The SMILES string of the molecule is CCn1c(Cl)c(C=O)c2cc(Cl)cc(Cl)c21. The van der Waals surface area contributed by atoms with Crippen LogP contribution in [0.5, 0.6) is 0 Å². The summed E-state index contributed by atoms with van der Waals surface area (Å²) in [4.78, 5) is 11.0. The highest BCUT2D eigenvalue weighted by atomic mass is 35.5. The van der Waals surface area contributed by atoms with Gasteiger partial charge in [-0.15, -0.1) is 0 Å². The summed E-state index contributed by atoms with van der Waals surface area (Å²) in [5.41, 5.74) is 1.18. The molecule has 1 heterocycles. The normalized spacial score (nSPS) is 11.0. The number of fused-ring (bicyclic) bond motifs is 1. The summed E-state index contributed by atoms with van der Waals surface area (Å²) in [7, 11) is 0. The molecular weight excluding hydrogens is 268 g/mol. The van der Waals surface area contributed by atoms with E-state index < -0.39 is 0 Å². The van der Waals surface area contributed by atoms with E-state index in [1.807, 2.05) is 6.92 Å². The number of hydrogen-bond acceptors (Lipinski definition) is 1. The average Bonchev–Trinajstić information content (AvgIpc) is 2.49. The molecule has 0 radical (unpaired) electrons. The van der Waals surface area contributed by atoms with Crippen LogP contribution < -0.4 is 0 Å². The lowest BCUT2D eigenvalue weighted by molar-refractivity contribution is 0.112. The van der Waals surface area contributed by atoms with E-state index in [9.17, 15) is 4.79 Å². The third-order valence-electron chi connectivity index (χ3n) is 2.48. The Morgan fingerprint density at radius 3 is 2.56 bits per heavy atom. The molecule has 5 heteroatoms. The Balaban J connectivity index is 3.00. The molecule has 2 nitrogen and oxygen atoms in total. The van der Waals surface area contributed by atoms with Crippen molar-refractivity contribution in [3.05, 3.63) is 32.9 Å². The molecule has 2 aromatic rings. The summed E-state index contributed by atoms with van der Waals surface area (Å²) in [6.45, 7) is 2.58. The van der Waals surface area contributed by atoms with Gasteiger partial charge in [0.2, 0.25) is 0 Å². The average molecular weight is 277 g/mol. The van der Waals surface area contributed by atoms with E-state index in [1.54, 1.807) is 16.7 Å². The van der Waals surface area contributed by atoms with Gasteiger partial charge < -0.3 is 4.57 Å². The molecule has 0 bridgehead atoms. The van der Waals surface area contributed by atoms with Crippen molar-refractivity contribution in [3.63, 3.8) is 0 Å². The number of aryl methyl sites for hydroxylation is 1. The Bertz CT molecular complexity index is 574. The number of carbonyl (C=O) groups excluding carboxylic acids is 1. The first kappa shape index (κ1) is 11.8. The van der Waals surface area contributed by atoms with E-state index in [2.05, 4.69) is 0 Å². The number of nitrogens with zero attached hydrogens (tertiary/aromatic N) is 1. The number of benzene rings is 1. The first-order chi connectivity index (χ1) is 7.60. The lowest BCUT2D eigenvalue weighted by Gasteiger charge is -2.04. The second-order valence-corrected chi connectivity index (χ2v) is 4.55. The standard InChI is InChI=1S/C11H8Cl3NO/c1-2-15-10-7(8(5-16)11(15)14)3-6(12)4-9(10)13/h3-5H,2H2,1H3. The number of rotatable bonds is 2. The minimum Gasteiger partial charge on any atom is -0.330 e. The summed E-state index contributed by atoms with van der Waals surface area (Å²) >= 11 is 18.1. The highest BCUT2D eigenvalue weighted by Gasteiger charge is 2.17. The van der Waals surface area contributed by atoms with E-state index in [4.69, 9.17) is 34.8 Å². The Kier molecular flexibility index (Phi) is 3.15. The molecule has 0 aliphatic rings. The van der Waals surface area contributed by atoms with Gasteiger partial charge in [-0.05, 0) is 19.1 Å². The number of aldehydes is 1. The van der Waals surface area contributed by atoms with E-state index in [-0.39, 0.29) is 0 Å². The van der Waals surface area contributed by atoms with E-state index >= 15 is 0 Å². The molecule has 0 aliphatic heterocycles. The molecule has 1 aromatic carbocycles. The molecule has 0 aliphatic carbocycles. The number of halogens is 3. The zero-order valence-corrected chi connectivity index (χ0v) is 10.7. The maximum absolute atomic E-state index is 11.0. The van der Waals surface area contributed by atoms with Crippen molar-refractivity contribution in [1.29, 1.82) is 0 Å². The zero-order valence-electron chi connectivity index (χ0n) is 8.43. The van der Waals surface area contributed by atoms with Crippen molar-refractivity contribution in [3.8, 4) is 0 Å². The monoisotopic (exact) mass is 275 g/mol. The van der Waals surface area contributed by atoms with Gasteiger partial charge in [0.25, 0.3) is 0 Å². The van der Waals surface area contributed by atoms with Crippen LogP contribution in [0.3, 0.4) is 0 Å². The fourth-order valence-electron chi connectivity index (χ4n) is 1.81. The summed E-state index contributed by atoms with van der Waals surface area (Å²) in [5.74, 6) is 0. The predicted octanol–water partition coefficient (Wildman–Crippen LogP) is 4.43. The molecule has 84 valence electrons. The molecule has 1 aromatic heterocycles. The largest absolute Gasteiger partial charge is 0.330 e. The first-order valence-electron chi connectivity index (χ1n) is 4.72. The molecule has 2 rings (SSSR count). The van der Waals surface area contributed by atoms with Crippen molar-refractivity contribution < 1.29 is 4.79 Å².